The maximum atomic E-state index is 11.0. The Hall–Kier alpha value is -0.410. The number of nitrogens with zero attached hydrogens (tertiary/aromatic N) is 1. The Balaban J connectivity index is 1.94. The van der Waals surface area contributed by atoms with E-state index in [0.29, 0.717) is 5.92 Å². The summed E-state index contributed by atoms with van der Waals surface area (Å²) in [6.07, 6.45) is 4.67. The molecule has 2 unspecified atom stereocenters. The predicted molar refractivity (Wildman–Crippen MR) is 49.6 cm³/mol. The number of ether oxygens (including phenoxy) is 1. The number of likely N-dealkylation sites (tertiary alicyclic amines) is 1. The van der Waals surface area contributed by atoms with Crippen LogP contribution in [0, 0.1) is 5.92 Å². The van der Waals surface area contributed by atoms with Crippen LogP contribution in [0.25, 0.3) is 0 Å². The highest BCUT2D eigenvalue weighted by molar-refractivity contribution is 5.58. The van der Waals surface area contributed by atoms with E-state index in [0.717, 1.165) is 39.0 Å². The van der Waals surface area contributed by atoms with Crippen molar-refractivity contribution >= 4 is 6.29 Å². The van der Waals surface area contributed by atoms with Gasteiger partial charge in [0, 0.05) is 12.5 Å². The van der Waals surface area contributed by atoms with Crippen LogP contribution in [0.5, 0.6) is 0 Å². The molecule has 3 heteroatoms. The highest BCUT2D eigenvalue weighted by Crippen LogP contribution is 2.22. The summed E-state index contributed by atoms with van der Waals surface area (Å²) in [6.45, 7) is 3.81. The van der Waals surface area contributed by atoms with E-state index in [1.807, 2.05) is 0 Å². The second-order valence-corrected chi connectivity index (χ2v) is 3.99. The van der Waals surface area contributed by atoms with Gasteiger partial charge in [0.25, 0.3) is 0 Å². The van der Waals surface area contributed by atoms with Crippen LogP contribution in [0.3, 0.4) is 0 Å². The average Bonchev–Trinajstić information content (AvgIpc) is 2.76. The fourth-order valence-corrected chi connectivity index (χ4v) is 2.36. The molecule has 0 aromatic heterocycles. The van der Waals surface area contributed by atoms with Crippen molar-refractivity contribution in [1.82, 2.24) is 4.90 Å². The minimum Gasteiger partial charge on any atom is -0.381 e. The van der Waals surface area contributed by atoms with Crippen molar-refractivity contribution in [3.8, 4) is 0 Å². The van der Waals surface area contributed by atoms with E-state index in [-0.39, 0.29) is 6.04 Å². The molecule has 2 saturated heterocycles. The maximum absolute atomic E-state index is 11.0. The Morgan fingerprint density at radius 2 is 2.15 bits per heavy atom. The van der Waals surface area contributed by atoms with Crippen LogP contribution >= 0.6 is 0 Å². The smallest absolute Gasteiger partial charge is 0.137 e. The summed E-state index contributed by atoms with van der Waals surface area (Å²) in [6, 6.07) is 0.130. The summed E-state index contributed by atoms with van der Waals surface area (Å²) in [5.74, 6) is 0.454. The van der Waals surface area contributed by atoms with E-state index in [1.54, 1.807) is 0 Å². The summed E-state index contributed by atoms with van der Waals surface area (Å²) in [5, 5.41) is 0. The van der Waals surface area contributed by atoms with Gasteiger partial charge in [0.2, 0.25) is 0 Å². The lowest BCUT2D eigenvalue weighted by molar-refractivity contribution is -0.113. The number of aldehydes is 1. The highest BCUT2D eigenvalue weighted by atomic mass is 16.5. The first-order valence-corrected chi connectivity index (χ1v) is 5.19. The van der Waals surface area contributed by atoms with Crippen LogP contribution in [-0.4, -0.2) is 43.5 Å². The summed E-state index contributed by atoms with van der Waals surface area (Å²) >= 11 is 0. The minimum absolute atomic E-state index is 0.130. The minimum atomic E-state index is 0.130. The van der Waals surface area contributed by atoms with Gasteiger partial charge >= 0.3 is 0 Å². The van der Waals surface area contributed by atoms with Crippen molar-refractivity contribution in [2.75, 3.05) is 26.3 Å². The molecule has 2 fully saturated rings. The quantitative estimate of drug-likeness (QED) is 0.603. The highest BCUT2D eigenvalue weighted by Gasteiger charge is 2.31. The van der Waals surface area contributed by atoms with Gasteiger partial charge in [0.15, 0.2) is 0 Å². The molecule has 0 N–H and O–H groups in total. The third-order valence-corrected chi connectivity index (χ3v) is 3.15. The Morgan fingerprint density at radius 3 is 2.69 bits per heavy atom. The summed E-state index contributed by atoms with van der Waals surface area (Å²) in [7, 11) is 0. The van der Waals surface area contributed by atoms with Crippen LogP contribution < -0.4 is 0 Å². The monoisotopic (exact) mass is 183 g/mol. The van der Waals surface area contributed by atoms with E-state index < -0.39 is 0 Å². The van der Waals surface area contributed by atoms with Crippen molar-refractivity contribution in [3.05, 3.63) is 0 Å². The lowest BCUT2D eigenvalue weighted by atomic mass is 9.99. The molecule has 0 aliphatic carbocycles. The van der Waals surface area contributed by atoms with Gasteiger partial charge in [0.05, 0.1) is 12.6 Å². The molecule has 2 atom stereocenters. The van der Waals surface area contributed by atoms with Gasteiger partial charge in [-0.1, -0.05) is 0 Å². The van der Waals surface area contributed by atoms with E-state index in [9.17, 15) is 4.79 Å². The average molecular weight is 183 g/mol. The van der Waals surface area contributed by atoms with Crippen molar-refractivity contribution in [1.29, 1.82) is 0 Å². The molecule has 0 saturated carbocycles. The molecule has 13 heavy (non-hydrogen) atoms. The molecule has 2 rings (SSSR count). The van der Waals surface area contributed by atoms with Gasteiger partial charge in [0.1, 0.15) is 6.29 Å². The standard InChI is InChI=1S/C10H17NO2/c12-7-10(9-3-6-13-8-9)11-4-1-2-5-11/h7,9-10H,1-6,8H2. The predicted octanol–water partition coefficient (Wildman–Crippen LogP) is 0.686. The number of hydrogen-bond acceptors (Lipinski definition) is 3. The molecule has 0 aromatic carbocycles. The number of carbonyl (C=O) groups excluding carboxylic acids is 1. The zero-order valence-corrected chi connectivity index (χ0v) is 7.95. The van der Waals surface area contributed by atoms with Gasteiger partial charge in [-0.25, -0.2) is 0 Å². The van der Waals surface area contributed by atoms with E-state index in [2.05, 4.69) is 4.90 Å². The van der Waals surface area contributed by atoms with Crippen LogP contribution in [-0.2, 0) is 9.53 Å². The van der Waals surface area contributed by atoms with Gasteiger partial charge in [-0.2, -0.15) is 0 Å². The Labute approximate surface area is 79.0 Å². The largest absolute Gasteiger partial charge is 0.381 e. The van der Waals surface area contributed by atoms with Crippen LogP contribution in [0.15, 0.2) is 0 Å². The molecular formula is C10H17NO2. The van der Waals surface area contributed by atoms with Crippen molar-refractivity contribution in [3.63, 3.8) is 0 Å². The lowest BCUT2D eigenvalue weighted by Gasteiger charge is -2.26. The van der Waals surface area contributed by atoms with Crippen molar-refractivity contribution < 1.29 is 9.53 Å². The molecule has 0 amide bonds. The molecule has 74 valence electrons. The molecule has 0 bridgehead atoms. The molecular weight excluding hydrogens is 166 g/mol. The van der Waals surface area contributed by atoms with Crippen LogP contribution in [0.4, 0.5) is 0 Å². The molecule has 0 aromatic rings. The first-order chi connectivity index (χ1) is 6.42. The summed E-state index contributed by atoms with van der Waals surface area (Å²) in [5.41, 5.74) is 0. The fraction of sp³-hybridized carbons (Fsp3) is 0.900. The SMILES string of the molecule is O=CC(C1CCOC1)N1CCCC1. The number of rotatable bonds is 3. The van der Waals surface area contributed by atoms with Crippen LogP contribution in [0.1, 0.15) is 19.3 Å². The first kappa shape index (κ1) is 9.16. The van der Waals surface area contributed by atoms with Crippen LogP contribution in [0.2, 0.25) is 0 Å². The van der Waals surface area contributed by atoms with Gasteiger partial charge in [-0.15, -0.1) is 0 Å². The first-order valence-electron chi connectivity index (χ1n) is 5.19. The summed E-state index contributed by atoms with van der Waals surface area (Å²) < 4.78 is 5.31. The van der Waals surface area contributed by atoms with Gasteiger partial charge in [-0.3, -0.25) is 4.90 Å². The zero-order valence-electron chi connectivity index (χ0n) is 7.95. The zero-order chi connectivity index (χ0) is 9.10. The number of carbonyl (C=O) groups is 1. The van der Waals surface area contributed by atoms with E-state index in [1.165, 1.54) is 12.8 Å². The maximum Gasteiger partial charge on any atom is 0.137 e. The Bertz CT molecular complexity index is 156. The lowest BCUT2D eigenvalue weighted by Crippen LogP contribution is -2.40. The number of hydrogen-bond donors (Lipinski definition) is 0. The molecule has 3 nitrogen and oxygen atoms in total. The topological polar surface area (TPSA) is 29.5 Å². The van der Waals surface area contributed by atoms with E-state index >= 15 is 0 Å². The Morgan fingerprint density at radius 1 is 1.38 bits per heavy atom. The molecule has 2 aliphatic rings. The fourth-order valence-electron chi connectivity index (χ4n) is 2.36. The second kappa shape index (κ2) is 4.20. The summed E-state index contributed by atoms with van der Waals surface area (Å²) in [4.78, 5) is 13.3. The van der Waals surface area contributed by atoms with Crippen molar-refractivity contribution in [2.24, 2.45) is 5.92 Å². The van der Waals surface area contributed by atoms with Crippen molar-refractivity contribution in [2.45, 2.75) is 25.3 Å². The molecule has 0 spiro atoms. The molecule has 2 heterocycles. The third-order valence-electron chi connectivity index (χ3n) is 3.15. The molecule has 2 aliphatic heterocycles. The van der Waals surface area contributed by atoms with E-state index in [4.69, 9.17) is 4.74 Å². The van der Waals surface area contributed by atoms with Gasteiger partial charge < -0.3 is 9.53 Å². The second-order valence-electron chi connectivity index (χ2n) is 3.99. The molecule has 0 radical (unpaired) electrons. The normalized spacial score (nSPS) is 32.2. The van der Waals surface area contributed by atoms with Gasteiger partial charge in [-0.05, 0) is 32.4 Å². The third kappa shape index (κ3) is 1.92. The Kier molecular flexibility index (Phi) is 2.96.